The molecule has 6 heteroatoms. The van der Waals surface area contributed by atoms with Crippen LogP contribution in [0.2, 0.25) is 0 Å². The fraction of sp³-hybridized carbons (Fsp3) is 0.238. The second-order valence-electron chi connectivity index (χ2n) is 6.53. The molecule has 2 aromatic carbocycles. The lowest BCUT2D eigenvalue weighted by molar-refractivity contribution is -0.129. The number of nitrogens with one attached hydrogen (secondary N) is 1. The van der Waals surface area contributed by atoms with Crippen molar-refractivity contribution >= 4 is 22.8 Å². The quantitative estimate of drug-likeness (QED) is 0.700. The van der Waals surface area contributed by atoms with Crippen molar-refractivity contribution in [3.63, 3.8) is 0 Å². The SMILES string of the molecule is COC(=O)c1ccc(CN(C)C(=O)Cc2c(C)[nH]c3ccc(F)cc23)cc1. The lowest BCUT2D eigenvalue weighted by Crippen LogP contribution is -2.27. The highest BCUT2D eigenvalue weighted by atomic mass is 19.1. The third-order valence-electron chi connectivity index (χ3n) is 4.63. The Kier molecular flexibility index (Phi) is 5.26. The van der Waals surface area contributed by atoms with E-state index in [0.717, 1.165) is 27.7 Å². The second-order valence-corrected chi connectivity index (χ2v) is 6.53. The molecule has 3 aromatic rings. The van der Waals surface area contributed by atoms with E-state index in [9.17, 15) is 14.0 Å². The maximum atomic E-state index is 13.6. The van der Waals surface area contributed by atoms with Crippen molar-refractivity contribution in [1.82, 2.24) is 9.88 Å². The number of H-pyrrole nitrogens is 1. The number of likely N-dealkylation sites (N-methyl/N-ethyl adjacent to an activating group) is 1. The Labute approximate surface area is 156 Å². The molecule has 0 radical (unpaired) electrons. The number of nitrogens with zero attached hydrogens (tertiary/aromatic N) is 1. The maximum Gasteiger partial charge on any atom is 0.337 e. The first-order valence-electron chi connectivity index (χ1n) is 8.57. The third kappa shape index (κ3) is 4.00. The number of hydrogen-bond donors (Lipinski definition) is 1. The Morgan fingerprint density at radius 3 is 2.52 bits per heavy atom. The van der Waals surface area contributed by atoms with Crippen LogP contribution in [0.4, 0.5) is 4.39 Å². The second kappa shape index (κ2) is 7.61. The lowest BCUT2D eigenvalue weighted by Gasteiger charge is -2.17. The average Bonchev–Trinajstić information content (AvgIpc) is 2.96. The first-order chi connectivity index (χ1) is 12.9. The molecule has 0 bridgehead atoms. The molecule has 0 saturated heterocycles. The molecule has 0 atom stereocenters. The highest BCUT2D eigenvalue weighted by molar-refractivity contribution is 5.90. The van der Waals surface area contributed by atoms with Gasteiger partial charge in [0.25, 0.3) is 0 Å². The number of rotatable bonds is 5. The van der Waals surface area contributed by atoms with Crippen molar-refractivity contribution in [3.8, 4) is 0 Å². The van der Waals surface area contributed by atoms with E-state index >= 15 is 0 Å². The van der Waals surface area contributed by atoms with Gasteiger partial charge in [0.05, 0.1) is 19.1 Å². The predicted octanol–water partition coefficient (Wildman–Crippen LogP) is 3.60. The Balaban J connectivity index is 1.72. The summed E-state index contributed by atoms with van der Waals surface area (Å²) in [6, 6.07) is 11.5. The number of aromatic nitrogens is 1. The number of carbonyl (C=O) groups is 2. The monoisotopic (exact) mass is 368 g/mol. The molecule has 0 aliphatic heterocycles. The molecule has 1 amide bonds. The first kappa shape index (κ1) is 18.6. The average molecular weight is 368 g/mol. The summed E-state index contributed by atoms with van der Waals surface area (Å²) in [7, 11) is 3.06. The molecule has 27 heavy (non-hydrogen) atoms. The molecule has 0 aliphatic rings. The molecule has 0 saturated carbocycles. The van der Waals surface area contributed by atoms with E-state index in [4.69, 9.17) is 0 Å². The highest BCUT2D eigenvalue weighted by Gasteiger charge is 2.16. The minimum Gasteiger partial charge on any atom is -0.465 e. The molecule has 0 spiro atoms. The molecule has 140 valence electrons. The van der Waals surface area contributed by atoms with Gasteiger partial charge in [-0.25, -0.2) is 9.18 Å². The lowest BCUT2D eigenvalue weighted by atomic mass is 10.1. The zero-order chi connectivity index (χ0) is 19.6. The van der Waals surface area contributed by atoms with E-state index < -0.39 is 5.97 Å². The van der Waals surface area contributed by atoms with Crippen molar-refractivity contribution in [2.24, 2.45) is 0 Å². The van der Waals surface area contributed by atoms with Gasteiger partial charge >= 0.3 is 5.97 Å². The fourth-order valence-electron chi connectivity index (χ4n) is 3.09. The van der Waals surface area contributed by atoms with Gasteiger partial charge in [-0.05, 0) is 48.4 Å². The zero-order valence-corrected chi connectivity index (χ0v) is 15.5. The molecular weight excluding hydrogens is 347 g/mol. The van der Waals surface area contributed by atoms with Crippen LogP contribution in [0.15, 0.2) is 42.5 Å². The largest absolute Gasteiger partial charge is 0.465 e. The molecule has 1 N–H and O–H groups in total. The number of fused-ring (bicyclic) bond motifs is 1. The van der Waals surface area contributed by atoms with E-state index in [1.165, 1.54) is 19.2 Å². The van der Waals surface area contributed by atoms with E-state index in [0.29, 0.717) is 12.1 Å². The van der Waals surface area contributed by atoms with E-state index in [1.807, 2.05) is 6.92 Å². The Hall–Kier alpha value is -3.15. The van der Waals surface area contributed by atoms with E-state index in [2.05, 4.69) is 9.72 Å². The van der Waals surface area contributed by atoms with Gasteiger partial charge in [-0.15, -0.1) is 0 Å². The number of esters is 1. The third-order valence-corrected chi connectivity index (χ3v) is 4.63. The van der Waals surface area contributed by atoms with Gasteiger partial charge in [-0.2, -0.15) is 0 Å². The number of carbonyl (C=O) groups excluding carboxylic acids is 2. The molecule has 0 fully saturated rings. The van der Waals surface area contributed by atoms with Crippen LogP contribution in [0.1, 0.15) is 27.2 Å². The predicted molar refractivity (Wildman–Crippen MR) is 101 cm³/mol. The van der Waals surface area contributed by atoms with Gasteiger partial charge in [0, 0.05) is 30.2 Å². The number of halogens is 1. The normalized spacial score (nSPS) is 10.8. The number of amides is 1. The van der Waals surface area contributed by atoms with E-state index in [-0.39, 0.29) is 18.1 Å². The number of benzene rings is 2. The van der Waals surface area contributed by atoms with Gasteiger partial charge in [-0.3, -0.25) is 4.79 Å². The summed E-state index contributed by atoms with van der Waals surface area (Å²) in [5.41, 5.74) is 3.85. The van der Waals surface area contributed by atoms with Crippen molar-refractivity contribution in [3.05, 3.63) is 70.7 Å². The highest BCUT2D eigenvalue weighted by Crippen LogP contribution is 2.24. The van der Waals surface area contributed by atoms with Crippen LogP contribution in [0.5, 0.6) is 0 Å². The van der Waals surface area contributed by atoms with Crippen LogP contribution in [0.25, 0.3) is 10.9 Å². The maximum absolute atomic E-state index is 13.6. The van der Waals surface area contributed by atoms with Gasteiger partial charge in [0.1, 0.15) is 5.82 Å². The molecule has 5 nitrogen and oxygen atoms in total. The molecular formula is C21H21FN2O3. The van der Waals surface area contributed by atoms with Crippen LogP contribution in [-0.2, 0) is 22.5 Å². The number of methoxy groups -OCH3 is 1. The summed E-state index contributed by atoms with van der Waals surface area (Å²) < 4.78 is 18.3. The zero-order valence-electron chi connectivity index (χ0n) is 15.5. The van der Waals surface area contributed by atoms with Crippen LogP contribution in [-0.4, -0.2) is 35.9 Å². The summed E-state index contributed by atoms with van der Waals surface area (Å²) in [6.45, 7) is 2.29. The molecule has 0 aliphatic carbocycles. The summed E-state index contributed by atoms with van der Waals surface area (Å²) in [5, 5.41) is 0.733. The van der Waals surface area contributed by atoms with Crippen LogP contribution in [0.3, 0.4) is 0 Å². The van der Waals surface area contributed by atoms with Gasteiger partial charge in [0.2, 0.25) is 5.91 Å². The van der Waals surface area contributed by atoms with Crippen molar-refractivity contribution < 1.29 is 18.7 Å². The molecule has 3 rings (SSSR count). The van der Waals surface area contributed by atoms with Crippen molar-refractivity contribution in [1.29, 1.82) is 0 Å². The van der Waals surface area contributed by atoms with Crippen LogP contribution < -0.4 is 0 Å². The Bertz CT molecular complexity index is 993. The Morgan fingerprint density at radius 1 is 1.15 bits per heavy atom. The number of aryl methyl sites for hydroxylation is 1. The number of ether oxygens (including phenoxy) is 1. The van der Waals surface area contributed by atoms with Gasteiger partial charge in [-0.1, -0.05) is 12.1 Å². The summed E-state index contributed by atoms with van der Waals surface area (Å²) in [6.07, 6.45) is 0.187. The molecule has 0 unspecified atom stereocenters. The standard InChI is InChI=1S/C21H21FN2O3/c1-13-17(18-10-16(22)8-9-19(18)23-13)11-20(25)24(2)12-14-4-6-15(7-5-14)21(26)27-3/h4-10,23H,11-12H2,1-3H3. The smallest absolute Gasteiger partial charge is 0.337 e. The van der Waals surface area contributed by atoms with Gasteiger partial charge < -0.3 is 14.6 Å². The molecule has 1 aromatic heterocycles. The van der Waals surface area contributed by atoms with Crippen LogP contribution >= 0.6 is 0 Å². The summed E-state index contributed by atoms with van der Waals surface area (Å²) in [4.78, 5) is 28.9. The van der Waals surface area contributed by atoms with Crippen molar-refractivity contribution in [2.75, 3.05) is 14.2 Å². The summed E-state index contributed by atoms with van der Waals surface area (Å²) in [5.74, 6) is -0.789. The number of aromatic amines is 1. The minimum atomic E-state index is -0.395. The fourth-order valence-corrected chi connectivity index (χ4v) is 3.09. The van der Waals surface area contributed by atoms with Crippen molar-refractivity contribution in [2.45, 2.75) is 19.9 Å². The minimum absolute atomic E-state index is 0.0692. The number of hydrogen-bond acceptors (Lipinski definition) is 3. The molecule has 1 heterocycles. The Morgan fingerprint density at radius 2 is 1.85 bits per heavy atom. The first-order valence-corrected chi connectivity index (χ1v) is 8.57. The topological polar surface area (TPSA) is 62.4 Å². The van der Waals surface area contributed by atoms with Gasteiger partial charge in [0.15, 0.2) is 0 Å². The summed E-state index contributed by atoms with van der Waals surface area (Å²) >= 11 is 0. The van der Waals surface area contributed by atoms with E-state index in [1.54, 1.807) is 42.3 Å². The van der Waals surface area contributed by atoms with Crippen LogP contribution in [0, 0.1) is 12.7 Å².